The quantitative estimate of drug-likeness (QED) is 0.363. The Hall–Kier alpha value is 4.22. The molecule has 6 heavy (non-hydrogen) atoms. The van der Waals surface area contributed by atoms with Crippen molar-refractivity contribution in [2.45, 2.75) is 0 Å². The average molecular weight is 200 g/mol. The van der Waals surface area contributed by atoms with E-state index >= 15 is 0 Å². The average Bonchev–Trinajstić information content (AvgIpc) is 0. The van der Waals surface area contributed by atoms with E-state index in [0.29, 0.717) is 0 Å². The van der Waals surface area contributed by atoms with E-state index in [1.54, 1.807) is 0 Å². The van der Waals surface area contributed by atoms with E-state index in [2.05, 4.69) is 0 Å². The smallest absolute Gasteiger partial charge is 0 e. The van der Waals surface area contributed by atoms with Gasteiger partial charge in [0, 0.05) is 138 Å². The Labute approximate surface area is 134 Å². The maximum absolute atomic E-state index is 0. The number of nitrogens with zero attached hydrogens (tertiary/aromatic N) is 1. The Balaban J connectivity index is 0. The van der Waals surface area contributed by atoms with Gasteiger partial charge in [0.2, 0.25) is 0 Å². The fourth-order valence-corrected chi connectivity index (χ4v) is 0. The molecule has 13 radical (unpaired) electrons. The minimum absolute atomic E-state index is 0. The predicted molar refractivity (Wildman–Crippen MR) is 26.3 cm³/mol. The van der Waals surface area contributed by atoms with Gasteiger partial charge in [0.1, 0.15) is 0 Å². The van der Waals surface area contributed by atoms with Gasteiger partial charge in [-0.3, -0.25) is 0 Å². The fraction of sp³-hybridized carbons (Fsp3) is 0. The second-order valence-corrected chi connectivity index (χ2v) is 0. The molecule has 0 rings (SSSR count). The Morgan fingerprint density at radius 2 is 1.00 bits per heavy atom. The van der Waals surface area contributed by atoms with Crippen LogP contribution in [0.15, 0.2) is 0 Å². The summed E-state index contributed by atoms with van der Waals surface area (Å²) in [4.78, 5) is 0. The van der Waals surface area contributed by atoms with Crippen molar-refractivity contribution >= 4 is 110 Å². The van der Waals surface area contributed by atoms with E-state index in [1.807, 2.05) is 0 Å². The molecular weight excluding hydrogens is 200 g/mol. The van der Waals surface area contributed by atoms with Crippen molar-refractivity contribution < 1.29 is 21.7 Å². The first kappa shape index (κ1) is 48.8. The zero-order chi connectivity index (χ0) is 0. The summed E-state index contributed by atoms with van der Waals surface area (Å²) in [5.41, 5.74) is 0. The van der Waals surface area contributed by atoms with Crippen LogP contribution in [0.1, 0.15) is 0 Å². The van der Waals surface area contributed by atoms with Crippen LogP contribution >= 0.6 is 9.90 Å². The summed E-state index contributed by atoms with van der Waals surface area (Å²) in [6.45, 7) is 0. The Morgan fingerprint density at radius 3 is 1.00 bits per heavy atom. The minimum Gasteiger partial charge on any atom is 0 e. The summed E-state index contributed by atoms with van der Waals surface area (Å²) in [5.74, 6) is 0. The molecule has 0 aromatic carbocycles. The van der Waals surface area contributed by atoms with Gasteiger partial charge >= 0.3 is 0 Å². The molecule has 0 fully saturated rings. The third kappa shape index (κ3) is 24.1. The summed E-state index contributed by atoms with van der Waals surface area (Å²) in [7, 11) is 0. The van der Waals surface area contributed by atoms with Crippen molar-refractivity contribution in [1.29, 1.82) is 0 Å². The summed E-state index contributed by atoms with van der Waals surface area (Å²) >= 11 is 0. The van der Waals surface area contributed by atoms with Gasteiger partial charge in [0.15, 0.2) is 0 Å². The number of rotatable bonds is 0. The molecule has 0 saturated carbocycles. The third-order valence-electron chi connectivity index (χ3n) is 0. The van der Waals surface area contributed by atoms with Crippen molar-refractivity contribution in [3.05, 3.63) is 0 Å². The molecule has 6 heteroatoms. The minimum atomic E-state index is 0. The molecule has 1 nitrogen and oxygen atoms in total. The van der Waals surface area contributed by atoms with Crippen molar-refractivity contribution in [3.63, 3.8) is 0 Å². The molecule has 0 aliphatic rings. The third-order valence-corrected chi connectivity index (χ3v) is 0. The number of hydrogen-bond donors (Lipinski definition) is 0. The van der Waals surface area contributed by atoms with E-state index in [9.17, 15) is 0 Å². The fourth-order valence-electron chi connectivity index (χ4n) is 0. The van der Waals surface area contributed by atoms with Crippen molar-refractivity contribution in [1.82, 2.24) is 6.15 Å². The van der Waals surface area contributed by atoms with Crippen LogP contribution in [0, 0.1) is 0 Å². The van der Waals surface area contributed by atoms with Gasteiger partial charge in [-0.25, -0.2) is 0 Å². The van der Waals surface area contributed by atoms with Crippen LogP contribution in [-0.2, 0) is 21.7 Å². The first-order chi connectivity index (χ1) is 0. The molecule has 0 N–H and O–H groups in total. The SMILES string of the molecule is [Ca].[K].[N].[P].[Si].[Ti]. The standard InChI is InChI=1S/Ca.K.N.P.Si.Ti. The van der Waals surface area contributed by atoms with Gasteiger partial charge in [-0.05, 0) is 0 Å². The molecule has 0 aliphatic carbocycles. The van der Waals surface area contributed by atoms with E-state index in [0.717, 1.165) is 0 Å². The van der Waals surface area contributed by atoms with E-state index < -0.39 is 0 Å². The van der Waals surface area contributed by atoms with Gasteiger partial charge in [0.05, 0.1) is 0 Å². The molecule has 0 saturated heterocycles. The predicted octanol–water partition coefficient (Wildman–Crippen LogP) is -0.764. The maximum atomic E-state index is 0. The Kier molecular flexibility index (Phi) is 285. The topological polar surface area (TPSA) is 30.5 Å². The van der Waals surface area contributed by atoms with Gasteiger partial charge in [-0.1, -0.05) is 0 Å². The normalized spacial score (nSPS) is 0. The summed E-state index contributed by atoms with van der Waals surface area (Å²) in [5, 5.41) is 0. The molecular formula is CaKNPSiTi. The Bertz CT molecular complexity index is 15.5. The monoisotopic (exact) mass is 200 g/mol. The van der Waals surface area contributed by atoms with Gasteiger partial charge in [0.25, 0.3) is 0 Å². The maximum Gasteiger partial charge on any atom is 0 e. The molecule has 0 unspecified atom stereocenters. The Morgan fingerprint density at radius 1 is 1.00 bits per heavy atom. The van der Waals surface area contributed by atoms with Gasteiger partial charge in [-0.2, -0.15) is 0 Å². The molecule has 0 aromatic heterocycles. The molecule has 0 atom stereocenters. The molecule has 0 spiro atoms. The first-order valence-corrected chi connectivity index (χ1v) is 0. The summed E-state index contributed by atoms with van der Waals surface area (Å²) in [6.07, 6.45) is 0. The van der Waals surface area contributed by atoms with Gasteiger partial charge < -0.3 is 0 Å². The molecule has 21 valence electrons. The second-order valence-electron chi connectivity index (χ2n) is 0. The van der Waals surface area contributed by atoms with Crippen LogP contribution < -0.4 is 6.15 Å². The van der Waals surface area contributed by atoms with E-state index in [1.165, 1.54) is 0 Å². The van der Waals surface area contributed by atoms with Crippen LogP contribution in [0.2, 0.25) is 0 Å². The van der Waals surface area contributed by atoms with Gasteiger partial charge in [-0.15, -0.1) is 0 Å². The van der Waals surface area contributed by atoms with E-state index in [4.69, 9.17) is 0 Å². The van der Waals surface area contributed by atoms with E-state index in [-0.39, 0.29) is 138 Å². The summed E-state index contributed by atoms with van der Waals surface area (Å²) in [6, 6.07) is 0. The van der Waals surface area contributed by atoms with Crippen LogP contribution in [-0.4, -0.2) is 100 Å². The zero-order valence-electron chi connectivity index (χ0n) is 3.60. The van der Waals surface area contributed by atoms with Crippen LogP contribution in [0.25, 0.3) is 0 Å². The molecule has 0 heterocycles. The van der Waals surface area contributed by atoms with Crippen LogP contribution in [0.5, 0.6) is 0 Å². The molecule has 0 amide bonds. The molecule has 0 aliphatic heterocycles. The summed E-state index contributed by atoms with van der Waals surface area (Å²) < 4.78 is 0. The van der Waals surface area contributed by atoms with Crippen molar-refractivity contribution in [3.8, 4) is 0 Å². The van der Waals surface area contributed by atoms with Crippen LogP contribution in [0.4, 0.5) is 0 Å². The van der Waals surface area contributed by atoms with Crippen molar-refractivity contribution in [2.75, 3.05) is 0 Å². The van der Waals surface area contributed by atoms with Crippen molar-refractivity contribution in [2.24, 2.45) is 0 Å². The zero-order valence-corrected chi connectivity index (χ0v) is 12.4. The molecule has 0 aromatic rings. The second kappa shape index (κ2) is 35.0. The number of hydrogen-bond acceptors (Lipinski definition) is 0. The molecule has 0 bridgehead atoms. The largest absolute Gasteiger partial charge is 0 e. The first-order valence-electron chi connectivity index (χ1n) is 0. The van der Waals surface area contributed by atoms with Crippen LogP contribution in [0.3, 0.4) is 0 Å².